The van der Waals surface area contributed by atoms with Crippen LogP contribution in [0.25, 0.3) is 0 Å². The zero-order chi connectivity index (χ0) is 15.7. The van der Waals surface area contributed by atoms with E-state index >= 15 is 0 Å². The fraction of sp³-hybridized carbons (Fsp3) is 0.733. The fourth-order valence-electron chi connectivity index (χ4n) is 2.24. The Balaban J connectivity index is 2.39. The molecule has 1 aromatic rings. The summed E-state index contributed by atoms with van der Waals surface area (Å²) in [7, 11) is 0. The number of rotatable bonds is 10. The van der Waals surface area contributed by atoms with Gasteiger partial charge in [0.15, 0.2) is 0 Å². The molecule has 1 atom stereocenters. The van der Waals surface area contributed by atoms with E-state index in [1.807, 2.05) is 24.7 Å². The van der Waals surface area contributed by atoms with Crippen LogP contribution < -0.4 is 10.6 Å². The third-order valence-electron chi connectivity index (χ3n) is 3.50. The van der Waals surface area contributed by atoms with Gasteiger partial charge in [0.05, 0.1) is 18.4 Å². The molecule has 1 amide bonds. The molecule has 1 unspecified atom stereocenters. The van der Waals surface area contributed by atoms with Crippen molar-refractivity contribution in [3.05, 3.63) is 12.4 Å². The number of carbonyl (C=O) groups is 1. The van der Waals surface area contributed by atoms with E-state index in [2.05, 4.69) is 34.5 Å². The van der Waals surface area contributed by atoms with Gasteiger partial charge in [-0.1, -0.05) is 20.8 Å². The molecule has 2 N–H and O–H groups in total. The smallest absolute Gasteiger partial charge is 0.226 e. The van der Waals surface area contributed by atoms with Gasteiger partial charge in [-0.25, -0.2) is 0 Å². The summed E-state index contributed by atoms with van der Waals surface area (Å²) in [4.78, 5) is 14.2. The maximum absolute atomic E-state index is 11.9. The van der Waals surface area contributed by atoms with Crippen LogP contribution in [0.5, 0.6) is 0 Å². The highest BCUT2D eigenvalue weighted by molar-refractivity contribution is 5.90. The second-order valence-corrected chi connectivity index (χ2v) is 5.23. The Morgan fingerprint density at radius 2 is 2.10 bits per heavy atom. The van der Waals surface area contributed by atoms with Crippen molar-refractivity contribution in [3.8, 4) is 0 Å². The molecular formula is C15H29N5O. The molecular weight excluding hydrogens is 266 g/mol. The van der Waals surface area contributed by atoms with E-state index in [0.29, 0.717) is 6.42 Å². The molecule has 0 bridgehead atoms. The summed E-state index contributed by atoms with van der Waals surface area (Å²) in [5.74, 6) is 0.0201. The molecule has 0 aliphatic rings. The molecule has 1 heterocycles. The zero-order valence-corrected chi connectivity index (χ0v) is 13.7. The summed E-state index contributed by atoms with van der Waals surface area (Å²) in [5.41, 5.74) is 0.767. The molecule has 6 heteroatoms. The standard InChI is InChI=1S/C15H29N5O/c1-5-16-13(4)10-15(21)18-14-11-17-20(12-14)9-8-19(6-2)7-3/h11-13,16H,5-10H2,1-4H3,(H,18,21). The van der Waals surface area contributed by atoms with Crippen molar-refractivity contribution in [1.82, 2.24) is 20.0 Å². The average molecular weight is 295 g/mol. The van der Waals surface area contributed by atoms with Crippen LogP contribution in [0, 0.1) is 0 Å². The minimum Gasteiger partial charge on any atom is -0.323 e. The van der Waals surface area contributed by atoms with Crippen LogP contribution in [-0.4, -0.2) is 52.8 Å². The van der Waals surface area contributed by atoms with Gasteiger partial charge >= 0.3 is 0 Å². The Morgan fingerprint density at radius 3 is 2.71 bits per heavy atom. The predicted molar refractivity (Wildman–Crippen MR) is 86.4 cm³/mol. The number of nitrogens with one attached hydrogen (secondary N) is 2. The van der Waals surface area contributed by atoms with E-state index in [1.54, 1.807) is 6.20 Å². The Hall–Kier alpha value is -1.40. The topological polar surface area (TPSA) is 62.2 Å². The van der Waals surface area contributed by atoms with Crippen LogP contribution in [0.3, 0.4) is 0 Å². The summed E-state index contributed by atoms with van der Waals surface area (Å²) in [6.07, 6.45) is 4.07. The Morgan fingerprint density at radius 1 is 1.38 bits per heavy atom. The average Bonchev–Trinajstić information content (AvgIpc) is 2.87. The van der Waals surface area contributed by atoms with Crippen molar-refractivity contribution in [3.63, 3.8) is 0 Å². The maximum Gasteiger partial charge on any atom is 0.226 e. The number of hydrogen-bond acceptors (Lipinski definition) is 4. The second kappa shape index (κ2) is 9.52. The van der Waals surface area contributed by atoms with Gasteiger partial charge in [-0.15, -0.1) is 0 Å². The molecule has 0 aliphatic carbocycles. The lowest BCUT2D eigenvalue weighted by molar-refractivity contribution is -0.116. The SMILES string of the molecule is CCNC(C)CC(=O)Nc1cnn(CCN(CC)CC)c1. The number of hydrogen-bond donors (Lipinski definition) is 2. The fourth-order valence-corrected chi connectivity index (χ4v) is 2.24. The zero-order valence-electron chi connectivity index (χ0n) is 13.7. The van der Waals surface area contributed by atoms with Gasteiger partial charge in [0.1, 0.15) is 0 Å². The van der Waals surface area contributed by atoms with Gasteiger partial charge in [0, 0.05) is 25.2 Å². The van der Waals surface area contributed by atoms with E-state index in [0.717, 1.165) is 38.4 Å². The number of nitrogens with zero attached hydrogens (tertiary/aromatic N) is 3. The molecule has 0 aromatic carbocycles. The summed E-state index contributed by atoms with van der Waals surface area (Å²) >= 11 is 0. The lowest BCUT2D eigenvalue weighted by Gasteiger charge is -2.17. The third kappa shape index (κ3) is 6.73. The molecule has 6 nitrogen and oxygen atoms in total. The minimum absolute atomic E-state index is 0.0201. The van der Waals surface area contributed by atoms with Crippen LogP contribution >= 0.6 is 0 Å². The van der Waals surface area contributed by atoms with Gasteiger partial charge in [-0.05, 0) is 26.6 Å². The second-order valence-electron chi connectivity index (χ2n) is 5.23. The highest BCUT2D eigenvalue weighted by Crippen LogP contribution is 2.06. The molecule has 1 rings (SSSR count). The van der Waals surface area contributed by atoms with E-state index in [9.17, 15) is 4.79 Å². The molecule has 0 radical (unpaired) electrons. The van der Waals surface area contributed by atoms with Crippen LogP contribution in [0.1, 0.15) is 34.1 Å². The van der Waals surface area contributed by atoms with Gasteiger partial charge in [-0.2, -0.15) is 5.10 Å². The molecule has 21 heavy (non-hydrogen) atoms. The first-order chi connectivity index (χ1) is 10.1. The molecule has 0 saturated heterocycles. The summed E-state index contributed by atoms with van der Waals surface area (Å²) in [6, 6.07) is 0.188. The summed E-state index contributed by atoms with van der Waals surface area (Å²) in [5, 5.41) is 10.4. The molecule has 0 aliphatic heterocycles. The van der Waals surface area contributed by atoms with Gasteiger partial charge in [-0.3, -0.25) is 9.48 Å². The van der Waals surface area contributed by atoms with E-state index in [4.69, 9.17) is 0 Å². The van der Waals surface area contributed by atoms with E-state index < -0.39 is 0 Å². The van der Waals surface area contributed by atoms with Crippen LogP contribution in [0.2, 0.25) is 0 Å². The predicted octanol–water partition coefficient (Wildman–Crippen LogP) is 1.55. The molecule has 0 spiro atoms. The van der Waals surface area contributed by atoms with Crippen molar-refractivity contribution in [1.29, 1.82) is 0 Å². The molecule has 0 fully saturated rings. The molecule has 1 aromatic heterocycles. The Bertz CT molecular complexity index is 414. The van der Waals surface area contributed by atoms with Crippen LogP contribution in [0.15, 0.2) is 12.4 Å². The van der Waals surface area contributed by atoms with Crippen molar-refractivity contribution in [2.45, 2.75) is 46.7 Å². The first kappa shape index (κ1) is 17.7. The van der Waals surface area contributed by atoms with Crippen molar-refractivity contribution in [2.24, 2.45) is 0 Å². The minimum atomic E-state index is 0.0201. The normalized spacial score (nSPS) is 12.6. The van der Waals surface area contributed by atoms with Crippen molar-refractivity contribution >= 4 is 11.6 Å². The van der Waals surface area contributed by atoms with Gasteiger partial charge in [0.25, 0.3) is 0 Å². The Kier molecular flexibility index (Phi) is 8.00. The van der Waals surface area contributed by atoms with Crippen molar-refractivity contribution in [2.75, 3.05) is 31.5 Å². The van der Waals surface area contributed by atoms with Crippen LogP contribution in [0.4, 0.5) is 5.69 Å². The number of amides is 1. The number of carbonyl (C=O) groups excluding carboxylic acids is 1. The van der Waals surface area contributed by atoms with E-state index in [-0.39, 0.29) is 11.9 Å². The largest absolute Gasteiger partial charge is 0.323 e. The summed E-state index contributed by atoms with van der Waals surface area (Å²) in [6.45, 7) is 13.1. The molecule has 0 saturated carbocycles. The lowest BCUT2D eigenvalue weighted by atomic mass is 10.2. The monoisotopic (exact) mass is 295 g/mol. The quantitative estimate of drug-likeness (QED) is 0.687. The highest BCUT2D eigenvalue weighted by atomic mass is 16.1. The summed E-state index contributed by atoms with van der Waals surface area (Å²) < 4.78 is 1.88. The Labute approximate surface area is 127 Å². The highest BCUT2D eigenvalue weighted by Gasteiger charge is 2.09. The van der Waals surface area contributed by atoms with Crippen LogP contribution in [-0.2, 0) is 11.3 Å². The number of aromatic nitrogens is 2. The van der Waals surface area contributed by atoms with Gasteiger partial charge < -0.3 is 15.5 Å². The van der Waals surface area contributed by atoms with Gasteiger partial charge in [0.2, 0.25) is 5.91 Å². The first-order valence-corrected chi connectivity index (χ1v) is 7.87. The molecule has 120 valence electrons. The third-order valence-corrected chi connectivity index (χ3v) is 3.50. The number of anilines is 1. The lowest BCUT2D eigenvalue weighted by Crippen LogP contribution is -2.30. The number of likely N-dealkylation sites (N-methyl/N-ethyl adjacent to an activating group) is 1. The first-order valence-electron chi connectivity index (χ1n) is 7.87. The van der Waals surface area contributed by atoms with Crippen molar-refractivity contribution < 1.29 is 4.79 Å². The van der Waals surface area contributed by atoms with E-state index in [1.165, 1.54) is 0 Å². The maximum atomic E-state index is 11.9.